The quantitative estimate of drug-likeness (QED) is 0.622. The Morgan fingerprint density at radius 3 is 2.86 bits per heavy atom. The molecule has 0 aliphatic rings. The number of fused-ring (bicyclic) bond motifs is 1. The van der Waals surface area contributed by atoms with E-state index in [0.29, 0.717) is 12.2 Å². The minimum Gasteiger partial charge on any atom is -0.462 e. The molecule has 0 bridgehead atoms. The maximum atomic E-state index is 11.8. The number of carbonyl (C=O) groups is 1. The summed E-state index contributed by atoms with van der Waals surface area (Å²) in [6, 6.07) is 13.4. The normalized spacial score (nSPS) is 10.8. The van der Waals surface area contributed by atoms with E-state index in [-0.39, 0.29) is 5.97 Å². The average molecular weight is 362 g/mol. The molecular formula is C16H12BrNO2S. The molecule has 0 amide bonds. The van der Waals surface area contributed by atoms with Gasteiger partial charge in [-0.05, 0) is 31.2 Å². The maximum Gasteiger partial charge on any atom is 0.338 e. The van der Waals surface area contributed by atoms with Crippen molar-refractivity contribution in [2.45, 2.75) is 6.92 Å². The van der Waals surface area contributed by atoms with Crippen molar-refractivity contribution >= 4 is 43.5 Å². The fourth-order valence-corrected chi connectivity index (χ4v) is 3.66. The van der Waals surface area contributed by atoms with Crippen LogP contribution in [0.1, 0.15) is 17.3 Å². The number of rotatable bonds is 3. The summed E-state index contributed by atoms with van der Waals surface area (Å²) in [7, 11) is 0. The van der Waals surface area contributed by atoms with E-state index in [0.717, 1.165) is 25.3 Å². The van der Waals surface area contributed by atoms with Gasteiger partial charge in [0, 0.05) is 10.0 Å². The van der Waals surface area contributed by atoms with Gasteiger partial charge in [-0.1, -0.05) is 34.1 Å². The Kier molecular flexibility index (Phi) is 4.03. The van der Waals surface area contributed by atoms with Crippen molar-refractivity contribution < 1.29 is 9.53 Å². The topological polar surface area (TPSA) is 39.2 Å². The van der Waals surface area contributed by atoms with Gasteiger partial charge in [0.25, 0.3) is 0 Å². The number of benzene rings is 2. The lowest BCUT2D eigenvalue weighted by Gasteiger charge is -2.00. The van der Waals surface area contributed by atoms with Crippen LogP contribution in [0.15, 0.2) is 46.9 Å². The number of nitrogens with zero attached hydrogens (tertiary/aromatic N) is 1. The van der Waals surface area contributed by atoms with Crippen LogP contribution in [0.25, 0.3) is 20.8 Å². The number of carbonyl (C=O) groups excluding carboxylic acids is 1. The van der Waals surface area contributed by atoms with Gasteiger partial charge in [0.2, 0.25) is 0 Å². The van der Waals surface area contributed by atoms with Crippen molar-refractivity contribution in [2.75, 3.05) is 6.61 Å². The number of hydrogen-bond acceptors (Lipinski definition) is 4. The molecule has 3 aromatic rings. The summed E-state index contributed by atoms with van der Waals surface area (Å²) >= 11 is 5.11. The molecule has 1 aromatic heterocycles. The largest absolute Gasteiger partial charge is 0.462 e. The Balaban J connectivity index is 2.05. The monoisotopic (exact) mass is 361 g/mol. The van der Waals surface area contributed by atoms with Crippen molar-refractivity contribution in [1.82, 2.24) is 4.98 Å². The van der Waals surface area contributed by atoms with E-state index >= 15 is 0 Å². The van der Waals surface area contributed by atoms with E-state index in [1.54, 1.807) is 24.3 Å². The molecular weight excluding hydrogens is 350 g/mol. The van der Waals surface area contributed by atoms with Crippen molar-refractivity contribution in [3.63, 3.8) is 0 Å². The minimum atomic E-state index is -0.296. The number of hydrogen-bond donors (Lipinski definition) is 0. The molecule has 106 valence electrons. The van der Waals surface area contributed by atoms with Crippen LogP contribution in [0.3, 0.4) is 0 Å². The van der Waals surface area contributed by atoms with Gasteiger partial charge in [0.05, 0.1) is 22.4 Å². The van der Waals surface area contributed by atoms with Crippen molar-refractivity contribution in [3.05, 3.63) is 52.5 Å². The van der Waals surface area contributed by atoms with Gasteiger partial charge in [-0.2, -0.15) is 0 Å². The Morgan fingerprint density at radius 1 is 1.29 bits per heavy atom. The first-order valence-corrected chi connectivity index (χ1v) is 8.12. The van der Waals surface area contributed by atoms with Crippen LogP contribution in [-0.2, 0) is 4.74 Å². The van der Waals surface area contributed by atoms with Gasteiger partial charge in [-0.15, -0.1) is 11.3 Å². The summed E-state index contributed by atoms with van der Waals surface area (Å²) in [4.78, 5) is 16.4. The number of aromatic nitrogens is 1. The van der Waals surface area contributed by atoms with Crippen LogP contribution in [0, 0.1) is 0 Å². The summed E-state index contributed by atoms with van der Waals surface area (Å²) in [5, 5.41) is 0.929. The number of ether oxygens (including phenoxy) is 1. The molecule has 0 radical (unpaired) electrons. The maximum absolute atomic E-state index is 11.8. The van der Waals surface area contributed by atoms with E-state index in [4.69, 9.17) is 4.74 Å². The standard InChI is InChI=1S/C16H12BrNO2S/c1-2-20-16(19)10-7-8-13-14(9-10)21-15(18-13)11-5-3-4-6-12(11)17/h3-9H,2H2,1H3. The Bertz CT molecular complexity index is 813. The smallest absolute Gasteiger partial charge is 0.338 e. The summed E-state index contributed by atoms with van der Waals surface area (Å²) < 4.78 is 7.01. The number of halogens is 1. The highest BCUT2D eigenvalue weighted by molar-refractivity contribution is 9.10. The van der Waals surface area contributed by atoms with Crippen LogP contribution in [0.4, 0.5) is 0 Å². The zero-order valence-electron chi connectivity index (χ0n) is 11.3. The molecule has 0 saturated carbocycles. The van der Waals surface area contributed by atoms with Crippen LogP contribution < -0.4 is 0 Å². The molecule has 3 nitrogen and oxygen atoms in total. The van der Waals surface area contributed by atoms with Crippen LogP contribution in [0.5, 0.6) is 0 Å². The third-order valence-electron chi connectivity index (χ3n) is 3.00. The Labute approximate surface area is 134 Å². The van der Waals surface area contributed by atoms with Crippen molar-refractivity contribution in [1.29, 1.82) is 0 Å². The molecule has 0 spiro atoms. The first kappa shape index (κ1) is 14.2. The fourth-order valence-electron chi connectivity index (χ4n) is 2.02. The van der Waals surface area contributed by atoms with Crippen LogP contribution in [-0.4, -0.2) is 17.6 Å². The zero-order chi connectivity index (χ0) is 14.8. The van der Waals surface area contributed by atoms with Gasteiger partial charge >= 0.3 is 5.97 Å². The average Bonchev–Trinajstić information content (AvgIpc) is 2.90. The fraction of sp³-hybridized carbons (Fsp3) is 0.125. The van der Waals surface area contributed by atoms with Gasteiger partial charge in [-0.25, -0.2) is 9.78 Å². The SMILES string of the molecule is CCOC(=O)c1ccc2nc(-c3ccccc3Br)sc2c1. The number of esters is 1. The van der Waals surface area contributed by atoms with Crippen molar-refractivity contribution in [2.24, 2.45) is 0 Å². The van der Waals surface area contributed by atoms with Gasteiger partial charge < -0.3 is 4.74 Å². The Morgan fingerprint density at radius 2 is 2.10 bits per heavy atom. The lowest BCUT2D eigenvalue weighted by atomic mass is 10.2. The first-order valence-electron chi connectivity index (χ1n) is 6.51. The van der Waals surface area contributed by atoms with Crippen LogP contribution in [0.2, 0.25) is 0 Å². The second kappa shape index (κ2) is 5.95. The van der Waals surface area contributed by atoms with Gasteiger partial charge in [0.1, 0.15) is 5.01 Å². The summed E-state index contributed by atoms with van der Waals surface area (Å²) in [6.07, 6.45) is 0. The third kappa shape index (κ3) is 2.84. The van der Waals surface area contributed by atoms with E-state index in [1.165, 1.54) is 0 Å². The molecule has 0 fully saturated rings. The lowest BCUT2D eigenvalue weighted by Crippen LogP contribution is -2.03. The molecule has 0 unspecified atom stereocenters. The van der Waals surface area contributed by atoms with E-state index in [2.05, 4.69) is 20.9 Å². The second-order valence-electron chi connectivity index (χ2n) is 4.40. The van der Waals surface area contributed by atoms with Gasteiger partial charge in [-0.3, -0.25) is 0 Å². The molecule has 5 heteroatoms. The molecule has 3 rings (SSSR count). The highest BCUT2D eigenvalue weighted by Gasteiger charge is 2.12. The highest BCUT2D eigenvalue weighted by Crippen LogP contribution is 2.34. The molecule has 21 heavy (non-hydrogen) atoms. The van der Waals surface area contributed by atoms with E-state index < -0.39 is 0 Å². The zero-order valence-corrected chi connectivity index (χ0v) is 13.7. The first-order chi connectivity index (χ1) is 10.2. The molecule has 0 saturated heterocycles. The lowest BCUT2D eigenvalue weighted by molar-refractivity contribution is 0.0526. The molecule has 0 aliphatic carbocycles. The summed E-state index contributed by atoms with van der Waals surface area (Å²) in [6.45, 7) is 2.18. The summed E-state index contributed by atoms with van der Waals surface area (Å²) in [5.41, 5.74) is 2.50. The van der Waals surface area contributed by atoms with Crippen LogP contribution >= 0.6 is 27.3 Å². The predicted octanol–water partition coefficient (Wildman–Crippen LogP) is 4.90. The summed E-state index contributed by atoms with van der Waals surface area (Å²) in [5.74, 6) is -0.296. The van der Waals surface area contributed by atoms with Gasteiger partial charge in [0.15, 0.2) is 0 Å². The molecule has 1 heterocycles. The predicted molar refractivity (Wildman–Crippen MR) is 88.7 cm³/mol. The highest BCUT2D eigenvalue weighted by atomic mass is 79.9. The number of thiazole rings is 1. The van der Waals surface area contributed by atoms with E-state index in [1.807, 2.05) is 36.4 Å². The Hall–Kier alpha value is -1.72. The molecule has 0 atom stereocenters. The third-order valence-corrected chi connectivity index (χ3v) is 4.75. The second-order valence-corrected chi connectivity index (χ2v) is 6.29. The minimum absolute atomic E-state index is 0.296. The van der Waals surface area contributed by atoms with E-state index in [9.17, 15) is 4.79 Å². The van der Waals surface area contributed by atoms with Crippen molar-refractivity contribution in [3.8, 4) is 10.6 Å². The molecule has 0 aliphatic heterocycles. The molecule has 2 aromatic carbocycles. The molecule has 0 N–H and O–H groups in total.